The molecule has 0 unspecified atom stereocenters. The molecule has 1 fully saturated rings. The summed E-state index contributed by atoms with van der Waals surface area (Å²) in [4.78, 5) is 25.5. The fourth-order valence-electron chi connectivity index (χ4n) is 4.40. The summed E-state index contributed by atoms with van der Waals surface area (Å²) in [5.74, 6) is -1.35. The normalized spacial score (nSPS) is 16.1. The zero-order valence-electron chi connectivity index (χ0n) is 21.7. The molecule has 0 saturated carbocycles. The van der Waals surface area contributed by atoms with E-state index >= 15 is 0 Å². The zero-order chi connectivity index (χ0) is 29.6. The highest BCUT2D eigenvalue weighted by Gasteiger charge is 2.36. The first-order chi connectivity index (χ1) is 19.4. The average molecular weight is 610 g/mol. The number of rotatable bonds is 9. The first-order valence-electron chi connectivity index (χ1n) is 12.7. The number of nitrogens with zero attached hydrogens (tertiary/aromatic N) is 1. The lowest BCUT2D eigenvalue weighted by Crippen LogP contribution is -2.48. The van der Waals surface area contributed by atoms with Crippen LogP contribution in [0.3, 0.4) is 0 Å². The predicted octanol–water partition coefficient (Wildman–Crippen LogP) is 5.03. The van der Waals surface area contributed by atoms with Gasteiger partial charge in [0.15, 0.2) is 0 Å². The van der Waals surface area contributed by atoms with Crippen LogP contribution in [0.25, 0.3) is 0 Å². The van der Waals surface area contributed by atoms with E-state index in [1.807, 2.05) is 0 Å². The predicted molar refractivity (Wildman–Crippen MR) is 146 cm³/mol. The van der Waals surface area contributed by atoms with E-state index in [-0.39, 0.29) is 35.0 Å². The molecule has 3 aromatic rings. The third-order valence-corrected chi connectivity index (χ3v) is 8.59. The van der Waals surface area contributed by atoms with Gasteiger partial charge in [-0.25, -0.2) is 8.42 Å². The second-order valence-electron chi connectivity index (χ2n) is 9.34. The maximum absolute atomic E-state index is 13.7. The number of carbonyl (C=O) groups is 2. The highest BCUT2D eigenvalue weighted by atomic mass is 35.5. The molecule has 1 aliphatic heterocycles. The van der Waals surface area contributed by atoms with Gasteiger partial charge in [0.2, 0.25) is 15.9 Å². The number of alkyl halides is 3. The molecule has 13 heteroatoms. The van der Waals surface area contributed by atoms with Gasteiger partial charge in [-0.15, -0.1) is 13.2 Å². The van der Waals surface area contributed by atoms with Gasteiger partial charge in [0.25, 0.3) is 5.91 Å². The Morgan fingerprint density at radius 3 is 2.39 bits per heavy atom. The topological polar surface area (TPSA) is 105 Å². The van der Waals surface area contributed by atoms with Crippen LogP contribution < -0.4 is 15.4 Å². The molecule has 2 N–H and O–H groups in total. The molecular formula is C28H27ClF3N3O5S. The van der Waals surface area contributed by atoms with Crippen LogP contribution in [0.15, 0.2) is 77.7 Å². The van der Waals surface area contributed by atoms with Gasteiger partial charge in [0.1, 0.15) is 11.8 Å². The monoisotopic (exact) mass is 609 g/mol. The van der Waals surface area contributed by atoms with Crippen molar-refractivity contribution in [2.24, 2.45) is 0 Å². The van der Waals surface area contributed by atoms with Crippen LogP contribution in [0.2, 0.25) is 5.02 Å². The third-order valence-electron chi connectivity index (χ3n) is 6.47. The van der Waals surface area contributed by atoms with Crippen LogP contribution in [0.4, 0.5) is 13.2 Å². The second-order valence-corrected chi connectivity index (χ2v) is 11.7. The molecule has 0 aromatic heterocycles. The number of hydrogen-bond donors (Lipinski definition) is 2. The van der Waals surface area contributed by atoms with Gasteiger partial charge in [0.05, 0.1) is 4.90 Å². The van der Waals surface area contributed by atoms with Gasteiger partial charge in [-0.3, -0.25) is 9.59 Å². The van der Waals surface area contributed by atoms with Crippen LogP contribution in [0.5, 0.6) is 5.75 Å². The Morgan fingerprint density at radius 1 is 1.02 bits per heavy atom. The fraction of sp³-hybridized carbons (Fsp3) is 0.286. The van der Waals surface area contributed by atoms with Crippen molar-refractivity contribution in [2.45, 2.75) is 49.7 Å². The van der Waals surface area contributed by atoms with Crippen molar-refractivity contribution in [1.29, 1.82) is 0 Å². The lowest BCUT2D eigenvalue weighted by Gasteiger charge is -2.29. The Bertz CT molecular complexity index is 1480. The fourth-order valence-corrected chi connectivity index (χ4v) is 6.13. The highest BCUT2D eigenvalue weighted by molar-refractivity contribution is 7.89. The van der Waals surface area contributed by atoms with Crippen molar-refractivity contribution in [3.8, 4) is 5.75 Å². The van der Waals surface area contributed by atoms with Gasteiger partial charge < -0.3 is 15.4 Å². The Labute approximate surface area is 240 Å². The Balaban J connectivity index is 1.51. The number of halogens is 4. The van der Waals surface area contributed by atoms with E-state index in [4.69, 9.17) is 11.6 Å². The summed E-state index contributed by atoms with van der Waals surface area (Å²) < 4.78 is 70.6. The Kier molecular flexibility index (Phi) is 9.57. The minimum atomic E-state index is -4.87. The van der Waals surface area contributed by atoms with Gasteiger partial charge in [0, 0.05) is 35.8 Å². The number of benzene rings is 3. The molecule has 3 aromatic carbocycles. The quantitative estimate of drug-likeness (QED) is 0.354. The summed E-state index contributed by atoms with van der Waals surface area (Å²) in [7, 11) is -4.11. The number of hydrogen-bond acceptors (Lipinski definition) is 5. The lowest BCUT2D eigenvalue weighted by molar-refractivity contribution is -0.274. The van der Waals surface area contributed by atoms with E-state index in [0.717, 1.165) is 16.8 Å². The Morgan fingerprint density at radius 2 is 1.71 bits per heavy atom. The molecule has 2 amide bonds. The summed E-state index contributed by atoms with van der Waals surface area (Å²) in [6.45, 7) is 0.116. The number of sulfonamides is 1. The van der Waals surface area contributed by atoms with E-state index in [1.54, 1.807) is 12.1 Å². The molecule has 0 bridgehead atoms. The van der Waals surface area contributed by atoms with E-state index in [0.29, 0.717) is 30.0 Å². The van der Waals surface area contributed by atoms with Crippen molar-refractivity contribution in [3.63, 3.8) is 0 Å². The first kappa shape index (κ1) is 30.4. The summed E-state index contributed by atoms with van der Waals surface area (Å²) in [6.07, 6.45) is -3.14. The third kappa shape index (κ3) is 7.99. The molecule has 41 heavy (non-hydrogen) atoms. The maximum Gasteiger partial charge on any atom is 0.573 e. The van der Waals surface area contributed by atoms with Crippen molar-refractivity contribution in [3.05, 3.63) is 94.5 Å². The minimum Gasteiger partial charge on any atom is -0.405 e. The van der Waals surface area contributed by atoms with Crippen LogP contribution in [0, 0.1) is 0 Å². The summed E-state index contributed by atoms with van der Waals surface area (Å²) >= 11 is 5.94. The van der Waals surface area contributed by atoms with Gasteiger partial charge in [-0.05, 0) is 67.3 Å². The van der Waals surface area contributed by atoms with Crippen molar-refractivity contribution in [1.82, 2.24) is 14.9 Å². The average Bonchev–Trinajstić information content (AvgIpc) is 3.14. The molecule has 1 aliphatic rings. The molecule has 1 heterocycles. The largest absolute Gasteiger partial charge is 0.573 e. The van der Waals surface area contributed by atoms with Crippen LogP contribution in [0.1, 0.15) is 40.7 Å². The number of para-hydroxylation sites is 1. The van der Waals surface area contributed by atoms with Crippen LogP contribution in [-0.4, -0.2) is 43.5 Å². The smallest absolute Gasteiger partial charge is 0.405 e. The summed E-state index contributed by atoms with van der Waals surface area (Å²) in [5, 5.41) is 5.70. The molecule has 1 saturated heterocycles. The molecular weight excluding hydrogens is 583 g/mol. The molecule has 0 aliphatic carbocycles. The maximum atomic E-state index is 13.7. The number of carbonyl (C=O) groups excluding carboxylic acids is 2. The number of nitrogens with one attached hydrogen (secondary N) is 2. The van der Waals surface area contributed by atoms with Crippen LogP contribution in [-0.2, 0) is 27.9 Å². The van der Waals surface area contributed by atoms with Gasteiger partial charge in [-0.2, -0.15) is 4.31 Å². The molecule has 8 nitrogen and oxygen atoms in total. The Hall–Kier alpha value is -3.61. The van der Waals surface area contributed by atoms with Crippen molar-refractivity contribution < 1.29 is 35.9 Å². The van der Waals surface area contributed by atoms with E-state index < -0.39 is 34.1 Å². The van der Waals surface area contributed by atoms with E-state index in [2.05, 4.69) is 15.4 Å². The molecule has 218 valence electrons. The van der Waals surface area contributed by atoms with Gasteiger partial charge in [-0.1, -0.05) is 41.9 Å². The highest BCUT2D eigenvalue weighted by Crippen LogP contribution is 2.27. The zero-order valence-corrected chi connectivity index (χ0v) is 23.2. The summed E-state index contributed by atoms with van der Waals surface area (Å²) in [6, 6.07) is 16.3. The molecule has 0 radical (unpaired) electrons. The van der Waals surface area contributed by atoms with Crippen molar-refractivity contribution >= 4 is 33.4 Å². The lowest BCUT2D eigenvalue weighted by atomic mass is 10.1. The molecule has 4 rings (SSSR count). The summed E-state index contributed by atoms with van der Waals surface area (Å²) in [5.41, 5.74) is 0.877. The number of amides is 2. The second kappa shape index (κ2) is 12.9. The standard InChI is InChI=1S/C28H27ClF3N3O5S/c29-22-12-14-23(15-13-22)41(38,39)35(24-6-3-4-16-33-27(24)37)18-19-8-10-20(11-9-19)26(36)34-17-21-5-1-2-7-25(21)40-28(30,31)32/h1-2,5,7-15,24H,3-4,6,16-18H2,(H,33,37)(H,34,36)/t24-/m1/s1. The SMILES string of the molecule is O=C(NCc1ccccc1OC(F)(F)F)c1ccc(CN([C@@H]2CCCCNC2=O)S(=O)(=O)c2ccc(Cl)cc2)cc1. The molecule has 1 atom stereocenters. The van der Waals surface area contributed by atoms with Crippen LogP contribution >= 0.6 is 11.6 Å². The first-order valence-corrected chi connectivity index (χ1v) is 14.5. The molecule has 0 spiro atoms. The van der Waals surface area contributed by atoms with E-state index in [1.165, 1.54) is 54.6 Å². The minimum absolute atomic E-state index is 0.00951. The van der Waals surface area contributed by atoms with Gasteiger partial charge >= 0.3 is 6.36 Å². The van der Waals surface area contributed by atoms with Crippen molar-refractivity contribution in [2.75, 3.05) is 6.54 Å². The van der Waals surface area contributed by atoms with E-state index in [9.17, 15) is 31.2 Å². The number of ether oxygens (including phenoxy) is 1.